The summed E-state index contributed by atoms with van der Waals surface area (Å²) in [6, 6.07) is 5.99. The maximum Gasteiger partial charge on any atom is 0.131 e. The normalized spacial score (nSPS) is 12.5. The molecular formula is C13H10ClF3N2. The zero-order chi connectivity index (χ0) is 14.0. The van der Waals surface area contributed by atoms with E-state index in [4.69, 9.17) is 17.4 Å². The van der Waals surface area contributed by atoms with Crippen molar-refractivity contribution in [2.45, 2.75) is 6.04 Å². The van der Waals surface area contributed by atoms with E-state index in [0.29, 0.717) is 0 Å². The number of nitrogens with two attached hydrogens (primary N) is 1. The van der Waals surface area contributed by atoms with E-state index in [0.717, 1.165) is 24.3 Å². The van der Waals surface area contributed by atoms with Crippen molar-refractivity contribution >= 4 is 11.6 Å². The summed E-state index contributed by atoms with van der Waals surface area (Å²) in [5.41, 5.74) is 2.31. The molecule has 2 aromatic carbocycles. The van der Waals surface area contributed by atoms with Crippen LogP contribution in [0.25, 0.3) is 0 Å². The van der Waals surface area contributed by atoms with Gasteiger partial charge in [-0.25, -0.2) is 18.6 Å². The highest BCUT2D eigenvalue weighted by molar-refractivity contribution is 6.31. The largest absolute Gasteiger partial charge is 0.271 e. The molecule has 0 saturated carbocycles. The zero-order valence-corrected chi connectivity index (χ0v) is 10.4. The van der Waals surface area contributed by atoms with Gasteiger partial charge in [-0.2, -0.15) is 0 Å². The summed E-state index contributed by atoms with van der Waals surface area (Å²) in [4.78, 5) is 0. The van der Waals surface area contributed by atoms with Crippen molar-refractivity contribution in [2.75, 3.05) is 0 Å². The van der Waals surface area contributed by atoms with Gasteiger partial charge in [-0.15, -0.1) is 0 Å². The Morgan fingerprint density at radius 3 is 2.21 bits per heavy atom. The SMILES string of the molecule is NNC(c1ccc(F)cc1Cl)c1c(F)cccc1F. The van der Waals surface area contributed by atoms with Crippen molar-refractivity contribution in [1.82, 2.24) is 5.43 Å². The average Bonchev–Trinajstić information content (AvgIpc) is 2.35. The first-order chi connectivity index (χ1) is 9.04. The molecule has 0 spiro atoms. The minimum absolute atomic E-state index is 0.0330. The summed E-state index contributed by atoms with van der Waals surface area (Å²) < 4.78 is 40.5. The molecule has 0 radical (unpaired) electrons. The van der Waals surface area contributed by atoms with E-state index >= 15 is 0 Å². The fourth-order valence-corrected chi connectivity index (χ4v) is 2.13. The topological polar surface area (TPSA) is 38.0 Å². The van der Waals surface area contributed by atoms with Gasteiger partial charge < -0.3 is 0 Å². The second-order valence-corrected chi connectivity index (χ2v) is 4.31. The molecule has 0 bridgehead atoms. The number of hydrogen-bond donors (Lipinski definition) is 2. The van der Waals surface area contributed by atoms with Crippen LogP contribution in [0.3, 0.4) is 0 Å². The van der Waals surface area contributed by atoms with Gasteiger partial charge in [-0.05, 0) is 29.8 Å². The molecule has 6 heteroatoms. The van der Waals surface area contributed by atoms with E-state index in [1.165, 1.54) is 12.1 Å². The van der Waals surface area contributed by atoms with E-state index < -0.39 is 23.5 Å². The highest BCUT2D eigenvalue weighted by Gasteiger charge is 2.22. The zero-order valence-electron chi connectivity index (χ0n) is 9.63. The molecule has 0 saturated heterocycles. The smallest absolute Gasteiger partial charge is 0.131 e. The fraction of sp³-hybridized carbons (Fsp3) is 0.0769. The van der Waals surface area contributed by atoms with E-state index in [2.05, 4.69) is 5.43 Å². The van der Waals surface area contributed by atoms with Crippen LogP contribution in [-0.2, 0) is 0 Å². The Bertz CT molecular complexity index is 584. The summed E-state index contributed by atoms with van der Waals surface area (Å²) in [5, 5.41) is 0.0330. The van der Waals surface area contributed by atoms with Gasteiger partial charge in [0, 0.05) is 10.6 Å². The van der Waals surface area contributed by atoms with E-state index in [9.17, 15) is 13.2 Å². The molecular weight excluding hydrogens is 277 g/mol. The van der Waals surface area contributed by atoms with E-state index in [1.54, 1.807) is 0 Å². The lowest BCUT2D eigenvalue weighted by molar-refractivity contribution is 0.510. The molecule has 100 valence electrons. The van der Waals surface area contributed by atoms with Crippen LogP contribution in [0.5, 0.6) is 0 Å². The average molecular weight is 287 g/mol. The molecule has 3 N–H and O–H groups in total. The lowest BCUT2D eigenvalue weighted by atomic mass is 9.98. The first-order valence-electron chi connectivity index (χ1n) is 5.39. The maximum absolute atomic E-state index is 13.7. The number of rotatable bonds is 3. The Balaban J connectivity index is 2.56. The van der Waals surface area contributed by atoms with Crippen LogP contribution < -0.4 is 11.3 Å². The van der Waals surface area contributed by atoms with Crippen LogP contribution in [0, 0.1) is 17.5 Å². The number of hydrazine groups is 1. The lowest BCUT2D eigenvalue weighted by Gasteiger charge is -2.19. The number of nitrogens with one attached hydrogen (secondary N) is 1. The van der Waals surface area contributed by atoms with Gasteiger partial charge in [0.15, 0.2) is 0 Å². The molecule has 2 nitrogen and oxygen atoms in total. The molecule has 19 heavy (non-hydrogen) atoms. The second-order valence-electron chi connectivity index (χ2n) is 3.90. The molecule has 0 aromatic heterocycles. The molecule has 0 heterocycles. The molecule has 2 rings (SSSR count). The molecule has 1 unspecified atom stereocenters. The minimum Gasteiger partial charge on any atom is -0.271 e. The first kappa shape index (κ1) is 13.9. The lowest BCUT2D eigenvalue weighted by Crippen LogP contribution is -2.30. The number of benzene rings is 2. The van der Waals surface area contributed by atoms with Crippen molar-refractivity contribution in [3.63, 3.8) is 0 Å². The summed E-state index contributed by atoms with van der Waals surface area (Å²) in [7, 11) is 0. The second kappa shape index (κ2) is 5.61. The van der Waals surface area contributed by atoms with Crippen molar-refractivity contribution in [1.29, 1.82) is 0 Å². The molecule has 0 aliphatic carbocycles. The maximum atomic E-state index is 13.7. The van der Waals surface area contributed by atoms with Crippen molar-refractivity contribution in [3.05, 3.63) is 70.0 Å². The molecule has 0 aliphatic heterocycles. The van der Waals surface area contributed by atoms with Gasteiger partial charge in [0.1, 0.15) is 17.5 Å². The van der Waals surface area contributed by atoms with Crippen LogP contribution in [0.1, 0.15) is 17.2 Å². The van der Waals surface area contributed by atoms with Crippen molar-refractivity contribution < 1.29 is 13.2 Å². The fourth-order valence-electron chi connectivity index (χ4n) is 1.85. The highest BCUT2D eigenvalue weighted by atomic mass is 35.5. The van der Waals surface area contributed by atoms with Gasteiger partial charge in [-0.1, -0.05) is 23.7 Å². The van der Waals surface area contributed by atoms with Gasteiger partial charge >= 0.3 is 0 Å². The van der Waals surface area contributed by atoms with Gasteiger partial charge in [0.25, 0.3) is 0 Å². The Hall–Kier alpha value is -1.56. The third-order valence-corrected chi connectivity index (χ3v) is 3.06. The third-order valence-electron chi connectivity index (χ3n) is 2.73. The minimum atomic E-state index is -1.01. The Morgan fingerprint density at radius 1 is 1.05 bits per heavy atom. The van der Waals surface area contributed by atoms with E-state index in [-0.39, 0.29) is 16.1 Å². The standard InChI is InChI=1S/C13H10ClF3N2/c14-9-6-7(15)4-5-8(9)13(19-18)12-10(16)2-1-3-11(12)17/h1-6,13,19H,18H2. The number of hydrogen-bond acceptors (Lipinski definition) is 2. The summed E-state index contributed by atoms with van der Waals surface area (Å²) in [6.45, 7) is 0. The molecule has 2 aromatic rings. The highest BCUT2D eigenvalue weighted by Crippen LogP contribution is 2.31. The van der Waals surface area contributed by atoms with Crippen LogP contribution in [-0.4, -0.2) is 0 Å². The van der Waals surface area contributed by atoms with Gasteiger partial charge in [0.05, 0.1) is 6.04 Å². The predicted octanol–water partition coefficient (Wildman–Crippen LogP) is 3.31. The summed E-state index contributed by atoms with van der Waals surface area (Å²) in [5.74, 6) is 3.28. The number of halogens is 4. The molecule has 0 amide bonds. The quantitative estimate of drug-likeness (QED) is 0.671. The van der Waals surface area contributed by atoms with E-state index in [1.807, 2.05) is 0 Å². The van der Waals surface area contributed by atoms with Crippen LogP contribution >= 0.6 is 11.6 Å². The Labute approximate surface area is 113 Å². The molecule has 1 atom stereocenters. The predicted molar refractivity (Wildman–Crippen MR) is 66.9 cm³/mol. The van der Waals surface area contributed by atoms with Crippen molar-refractivity contribution in [2.24, 2.45) is 5.84 Å². The third kappa shape index (κ3) is 2.73. The van der Waals surface area contributed by atoms with Crippen molar-refractivity contribution in [3.8, 4) is 0 Å². The Morgan fingerprint density at radius 2 is 1.68 bits per heavy atom. The summed E-state index contributed by atoms with van der Waals surface area (Å²) in [6.07, 6.45) is 0. The van der Waals surface area contributed by atoms with Gasteiger partial charge in [0.2, 0.25) is 0 Å². The monoisotopic (exact) mass is 286 g/mol. The van der Waals surface area contributed by atoms with Crippen LogP contribution in [0.4, 0.5) is 13.2 Å². The van der Waals surface area contributed by atoms with Gasteiger partial charge in [-0.3, -0.25) is 5.84 Å². The van der Waals surface area contributed by atoms with Crippen LogP contribution in [0.15, 0.2) is 36.4 Å². The molecule has 0 aliphatic rings. The van der Waals surface area contributed by atoms with Crippen LogP contribution in [0.2, 0.25) is 5.02 Å². The summed E-state index contributed by atoms with van der Waals surface area (Å²) >= 11 is 5.88. The molecule has 0 fully saturated rings. The Kier molecular flexibility index (Phi) is 4.09. The first-order valence-corrected chi connectivity index (χ1v) is 5.77.